The van der Waals surface area contributed by atoms with Crippen LogP contribution in [0.2, 0.25) is 0 Å². The summed E-state index contributed by atoms with van der Waals surface area (Å²) in [4.78, 5) is 16.4. The van der Waals surface area contributed by atoms with E-state index in [0.29, 0.717) is 6.42 Å². The number of pyridine rings is 1. The van der Waals surface area contributed by atoms with Gasteiger partial charge in [0.25, 0.3) is 5.91 Å². The molecule has 1 aliphatic heterocycles. The zero-order chi connectivity index (χ0) is 18.9. The average Bonchev–Trinajstić information content (AvgIpc) is 3.38. The normalized spacial score (nSPS) is 20.9. The minimum atomic E-state index is -0.331. The Kier molecular flexibility index (Phi) is 4.35. The van der Waals surface area contributed by atoms with Gasteiger partial charge in [0, 0.05) is 18.4 Å². The highest BCUT2D eigenvalue weighted by Crippen LogP contribution is 2.36. The highest BCUT2D eigenvalue weighted by molar-refractivity contribution is 5.93. The molecule has 28 heavy (non-hydrogen) atoms. The van der Waals surface area contributed by atoms with E-state index >= 15 is 0 Å². The lowest BCUT2D eigenvalue weighted by atomic mass is 9.93. The van der Waals surface area contributed by atoms with Crippen molar-refractivity contribution in [3.63, 3.8) is 0 Å². The molecule has 140 valence electrons. The molecule has 0 radical (unpaired) electrons. The molecule has 0 saturated carbocycles. The van der Waals surface area contributed by atoms with Crippen LogP contribution in [0.15, 0.2) is 60.0 Å². The van der Waals surface area contributed by atoms with Gasteiger partial charge in [0.2, 0.25) is 0 Å². The molecule has 0 spiro atoms. The highest BCUT2D eigenvalue weighted by Gasteiger charge is 2.31. The van der Waals surface area contributed by atoms with Crippen molar-refractivity contribution in [2.24, 2.45) is 5.10 Å². The summed E-state index contributed by atoms with van der Waals surface area (Å²) in [7, 11) is 0. The number of hydrogen-bond acceptors (Lipinski definition) is 5. The van der Waals surface area contributed by atoms with Crippen LogP contribution in [0.25, 0.3) is 10.8 Å². The van der Waals surface area contributed by atoms with E-state index in [0.717, 1.165) is 18.4 Å². The molecule has 1 aliphatic carbocycles. The second kappa shape index (κ2) is 7.14. The SMILES string of the molecule is O=C(N/N=C/c1ccncc1)C1CC(c2ccc3c4c(cccc24)CC3)NN1. The number of nitrogens with zero attached hydrogens (tertiary/aromatic N) is 2. The summed E-state index contributed by atoms with van der Waals surface area (Å²) >= 11 is 0. The number of hydrogen-bond donors (Lipinski definition) is 3. The summed E-state index contributed by atoms with van der Waals surface area (Å²) in [5.41, 5.74) is 14.0. The van der Waals surface area contributed by atoms with Crippen LogP contribution in [0.1, 0.15) is 34.7 Å². The van der Waals surface area contributed by atoms with Crippen LogP contribution in [0, 0.1) is 0 Å². The highest BCUT2D eigenvalue weighted by atomic mass is 16.2. The van der Waals surface area contributed by atoms with Crippen molar-refractivity contribution in [3.8, 4) is 0 Å². The van der Waals surface area contributed by atoms with E-state index in [4.69, 9.17) is 0 Å². The van der Waals surface area contributed by atoms with Crippen molar-refractivity contribution in [2.75, 3.05) is 0 Å². The van der Waals surface area contributed by atoms with Crippen molar-refractivity contribution >= 4 is 22.9 Å². The molecule has 1 saturated heterocycles. The Morgan fingerprint density at radius 3 is 2.75 bits per heavy atom. The molecule has 1 fully saturated rings. The Bertz CT molecular complexity index is 1050. The molecular formula is C22H21N5O. The predicted octanol–water partition coefficient (Wildman–Crippen LogP) is 2.39. The maximum Gasteiger partial charge on any atom is 0.258 e. The molecule has 0 bridgehead atoms. The van der Waals surface area contributed by atoms with Crippen molar-refractivity contribution in [1.29, 1.82) is 0 Å². The molecule has 2 aromatic carbocycles. The molecule has 6 nitrogen and oxygen atoms in total. The third kappa shape index (κ3) is 3.06. The molecule has 1 aromatic heterocycles. The van der Waals surface area contributed by atoms with Gasteiger partial charge in [0.05, 0.1) is 6.21 Å². The van der Waals surface area contributed by atoms with E-state index in [2.05, 4.69) is 56.7 Å². The largest absolute Gasteiger partial charge is 0.271 e. The van der Waals surface area contributed by atoms with E-state index in [-0.39, 0.29) is 18.0 Å². The number of hydrazine groups is 1. The Morgan fingerprint density at radius 2 is 1.89 bits per heavy atom. The molecule has 5 rings (SSSR count). The van der Waals surface area contributed by atoms with E-state index < -0.39 is 0 Å². The van der Waals surface area contributed by atoms with Crippen LogP contribution < -0.4 is 16.3 Å². The van der Waals surface area contributed by atoms with Gasteiger partial charge in [-0.25, -0.2) is 16.3 Å². The number of carbonyl (C=O) groups excluding carboxylic acids is 1. The monoisotopic (exact) mass is 371 g/mol. The number of amides is 1. The van der Waals surface area contributed by atoms with Gasteiger partial charge < -0.3 is 0 Å². The summed E-state index contributed by atoms with van der Waals surface area (Å²) in [6.45, 7) is 0. The number of aryl methyl sites for hydroxylation is 2. The molecule has 2 aliphatic rings. The molecule has 2 atom stereocenters. The van der Waals surface area contributed by atoms with E-state index in [9.17, 15) is 4.79 Å². The van der Waals surface area contributed by atoms with Crippen LogP contribution in [-0.4, -0.2) is 23.1 Å². The maximum atomic E-state index is 12.5. The van der Waals surface area contributed by atoms with Gasteiger partial charge in [-0.05, 0) is 64.4 Å². The van der Waals surface area contributed by atoms with Crippen molar-refractivity contribution in [1.82, 2.24) is 21.3 Å². The van der Waals surface area contributed by atoms with E-state index in [1.807, 2.05) is 12.1 Å². The van der Waals surface area contributed by atoms with Gasteiger partial charge in [0.15, 0.2) is 0 Å². The number of aromatic nitrogens is 1. The zero-order valence-electron chi connectivity index (χ0n) is 15.4. The Balaban J connectivity index is 1.30. The van der Waals surface area contributed by atoms with Gasteiger partial charge in [-0.1, -0.05) is 30.3 Å². The number of nitrogens with one attached hydrogen (secondary N) is 3. The molecule has 1 amide bonds. The minimum Gasteiger partial charge on any atom is -0.271 e. The fourth-order valence-corrected chi connectivity index (χ4v) is 4.20. The van der Waals surface area contributed by atoms with Crippen LogP contribution in [0.4, 0.5) is 0 Å². The number of rotatable bonds is 4. The summed E-state index contributed by atoms with van der Waals surface area (Å²) < 4.78 is 0. The lowest BCUT2D eigenvalue weighted by molar-refractivity contribution is -0.122. The lowest BCUT2D eigenvalue weighted by Crippen LogP contribution is -2.41. The molecular weight excluding hydrogens is 350 g/mol. The zero-order valence-corrected chi connectivity index (χ0v) is 15.4. The number of hydrazone groups is 1. The van der Waals surface area contributed by atoms with Gasteiger partial charge in [-0.15, -0.1) is 0 Å². The van der Waals surface area contributed by atoms with Gasteiger partial charge >= 0.3 is 0 Å². The Morgan fingerprint density at radius 1 is 1.07 bits per heavy atom. The minimum absolute atomic E-state index is 0.0878. The first-order chi connectivity index (χ1) is 13.8. The molecule has 3 aromatic rings. The van der Waals surface area contributed by atoms with Crippen LogP contribution >= 0.6 is 0 Å². The molecule has 6 heteroatoms. The number of benzene rings is 2. The van der Waals surface area contributed by atoms with Crippen LogP contribution in [0.3, 0.4) is 0 Å². The lowest BCUT2D eigenvalue weighted by Gasteiger charge is -2.14. The Labute approximate surface area is 163 Å². The fraction of sp³-hybridized carbons (Fsp3) is 0.227. The summed E-state index contributed by atoms with van der Waals surface area (Å²) in [6, 6.07) is 14.4. The summed E-state index contributed by atoms with van der Waals surface area (Å²) in [6.07, 6.45) is 7.90. The Hall–Kier alpha value is -3.09. The first-order valence-electron chi connectivity index (χ1n) is 9.57. The summed E-state index contributed by atoms with van der Waals surface area (Å²) in [5.74, 6) is -0.147. The summed E-state index contributed by atoms with van der Waals surface area (Å²) in [5, 5.41) is 6.74. The second-order valence-electron chi connectivity index (χ2n) is 7.30. The van der Waals surface area contributed by atoms with Crippen molar-refractivity contribution in [2.45, 2.75) is 31.3 Å². The van der Waals surface area contributed by atoms with Gasteiger partial charge in [-0.3, -0.25) is 9.78 Å². The molecule has 3 N–H and O–H groups in total. The van der Waals surface area contributed by atoms with Gasteiger partial charge in [-0.2, -0.15) is 5.10 Å². The first kappa shape index (κ1) is 17.0. The van der Waals surface area contributed by atoms with E-state index in [1.54, 1.807) is 18.6 Å². The quantitative estimate of drug-likeness (QED) is 0.486. The average molecular weight is 371 g/mol. The standard InChI is InChI=1S/C22H21N5O/c28-22(27-24-13-14-8-10-23-11-9-14)20-12-19(25-26-20)17-7-6-16-5-4-15-2-1-3-18(17)21(15)16/h1-3,6-11,13,19-20,25-26H,4-5,12H2,(H,27,28)/b24-13+. The van der Waals surface area contributed by atoms with Crippen molar-refractivity contribution in [3.05, 3.63) is 77.1 Å². The third-order valence-electron chi connectivity index (χ3n) is 5.60. The topological polar surface area (TPSA) is 78.4 Å². The first-order valence-corrected chi connectivity index (χ1v) is 9.57. The predicted molar refractivity (Wildman–Crippen MR) is 109 cm³/mol. The fourth-order valence-electron chi connectivity index (χ4n) is 4.20. The van der Waals surface area contributed by atoms with Gasteiger partial charge in [0.1, 0.15) is 6.04 Å². The third-order valence-corrected chi connectivity index (χ3v) is 5.60. The molecule has 2 heterocycles. The van der Waals surface area contributed by atoms with Crippen molar-refractivity contribution < 1.29 is 4.79 Å². The number of carbonyl (C=O) groups is 1. The second-order valence-corrected chi connectivity index (χ2v) is 7.30. The van der Waals surface area contributed by atoms with Crippen LogP contribution in [0.5, 0.6) is 0 Å². The molecule has 2 unspecified atom stereocenters. The maximum absolute atomic E-state index is 12.5. The smallest absolute Gasteiger partial charge is 0.258 e. The van der Waals surface area contributed by atoms with Crippen LogP contribution in [-0.2, 0) is 17.6 Å². The van der Waals surface area contributed by atoms with E-state index in [1.165, 1.54) is 27.5 Å².